The molecule has 0 spiro atoms. The Morgan fingerprint density at radius 2 is 1.82 bits per heavy atom. The number of nitrogens with one attached hydrogen (secondary N) is 1. The Kier molecular flexibility index (Phi) is 5.55. The van der Waals surface area contributed by atoms with Crippen LogP contribution < -0.4 is 10.0 Å². The van der Waals surface area contributed by atoms with E-state index in [-0.39, 0.29) is 11.3 Å². The first-order valence-corrected chi connectivity index (χ1v) is 9.00. The smallest absolute Gasteiger partial charge is 0.243 e. The first-order valence-electron chi connectivity index (χ1n) is 7.56. The maximum atomic E-state index is 12.6. The molecule has 0 unspecified atom stereocenters. The number of aliphatic carboxylic acids is 1. The van der Waals surface area contributed by atoms with Gasteiger partial charge < -0.3 is 14.8 Å². The number of hydrogen-bond donors (Lipinski definition) is 1. The Labute approximate surface area is 131 Å². The molecule has 2 rings (SSSR count). The number of carboxylic acids is 1. The lowest BCUT2D eigenvalue weighted by Crippen LogP contribution is -3.14. The quantitative estimate of drug-likeness (QED) is 0.674. The van der Waals surface area contributed by atoms with Gasteiger partial charge in [0, 0.05) is 5.97 Å². The van der Waals surface area contributed by atoms with Crippen molar-refractivity contribution in [2.75, 3.05) is 32.7 Å². The summed E-state index contributed by atoms with van der Waals surface area (Å²) in [5.74, 6) is -1.10. The lowest BCUT2D eigenvalue weighted by molar-refractivity contribution is -0.901. The molecule has 1 saturated heterocycles. The molecule has 0 atom stereocenters. The topological polar surface area (TPSA) is 82.0 Å². The van der Waals surface area contributed by atoms with Crippen molar-refractivity contribution in [2.45, 2.75) is 24.7 Å². The predicted octanol–water partition coefficient (Wildman–Crippen LogP) is -1.72. The minimum atomic E-state index is -3.45. The van der Waals surface area contributed by atoms with Crippen molar-refractivity contribution in [1.29, 1.82) is 0 Å². The second kappa shape index (κ2) is 7.21. The minimum Gasteiger partial charge on any atom is -0.550 e. The van der Waals surface area contributed by atoms with Crippen molar-refractivity contribution in [2.24, 2.45) is 0 Å². The van der Waals surface area contributed by atoms with Crippen LogP contribution in [-0.2, 0) is 21.2 Å². The van der Waals surface area contributed by atoms with E-state index in [1.54, 1.807) is 24.3 Å². The molecule has 0 amide bonds. The molecule has 7 heteroatoms. The van der Waals surface area contributed by atoms with Gasteiger partial charge in [-0.05, 0) is 37.5 Å². The van der Waals surface area contributed by atoms with E-state index in [2.05, 4.69) is 6.92 Å². The van der Waals surface area contributed by atoms with Crippen LogP contribution in [0.2, 0.25) is 0 Å². The van der Waals surface area contributed by atoms with Crippen LogP contribution in [0, 0.1) is 0 Å². The molecule has 1 aliphatic rings. The normalized spacial score (nSPS) is 17.5. The van der Waals surface area contributed by atoms with Crippen molar-refractivity contribution in [1.82, 2.24) is 4.31 Å². The number of hydrogen-bond acceptors (Lipinski definition) is 4. The fourth-order valence-corrected chi connectivity index (χ4v) is 4.06. The molecule has 22 heavy (non-hydrogen) atoms. The van der Waals surface area contributed by atoms with E-state index in [0.717, 1.165) is 25.2 Å². The first-order chi connectivity index (χ1) is 10.4. The lowest BCUT2D eigenvalue weighted by Gasteiger charge is -2.30. The van der Waals surface area contributed by atoms with E-state index in [9.17, 15) is 18.3 Å². The lowest BCUT2D eigenvalue weighted by atomic mass is 10.1. The Morgan fingerprint density at radius 3 is 2.32 bits per heavy atom. The molecule has 0 bridgehead atoms. The molecular formula is C15H22N2O4S. The highest BCUT2D eigenvalue weighted by Gasteiger charge is 2.29. The van der Waals surface area contributed by atoms with Crippen molar-refractivity contribution >= 4 is 16.0 Å². The van der Waals surface area contributed by atoms with Crippen LogP contribution in [0.1, 0.15) is 18.9 Å². The van der Waals surface area contributed by atoms with E-state index in [1.807, 2.05) is 0 Å². The molecule has 1 fully saturated rings. The van der Waals surface area contributed by atoms with Gasteiger partial charge in [-0.2, -0.15) is 4.31 Å². The Morgan fingerprint density at radius 1 is 1.23 bits per heavy atom. The van der Waals surface area contributed by atoms with Crippen LogP contribution in [0.5, 0.6) is 0 Å². The number of nitrogens with zero attached hydrogens (tertiary/aromatic N) is 1. The van der Waals surface area contributed by atoms with Gasteiger partial charge in [0.05, 0.1) is 37.6 Å². The number of piperazine rings is 1. The number of benzene rings is 1. The third-order valence-corrected chi connectivity index (χ3v) is 6.02. The summed E-state index contributed by atoms with van der Waals surface area (Å²) in [5.41, 5.74) is 0.795. The van der Waals surface area contributed by atoms with Crippen LogP contribution in [-0.4, -0.2) is 51.4 Å². The molecule has 6 nitrogen and oxygen atoms in total. The number of aryl methyl sites for hydroxylation is 1. The highest BCUT2D eigenvalue weighted by Crippen LogP contribution is 2.17. The molecule has 0 aromatic heterocycles. The van der Waals surface area contributed by atoms with Gasteiger partial charge in [-0.15, -0.1) is 0 Å². The van der Waals surface area contributed by atoms with Crippen molar-refractivity contribution in [3.8, 4) is 0 Å². The summed E-state index contributed by atoms with van der Waals surface area (Å²) in [4.78, 5) is 12.1. The molecule has 0 aliphatic carbocycles. The van der Waals surface area contributed by atoms with E-state index >= 15 is 0 Å². The molecular weight excluding hydrogens is 304 g/mol. The summed E-state index contributed by atoms with van der Waals surface area (Å²) in [6, 6.07) is 6.45. The average Bonchev–Trinajstić information content (AvgIpc) is 2.53. The van der Waals surface area contributed by atoms with Crippen molar-refractivity contribution in [3.63, 3.8) is 0 Å². The zero-order valence-corrected chi connectivity index (χ0v) is 13.6. The minimum absolute atomic E-state index is 0.0617. The van der Waals surface area contributed by atoms with Gasteiger partial charge >= 0.3 is 0 Å². The largest absolute Gasteiger partial charge is 0.550 e. The number of carbonyl (C=O) groups is 1. The fraction of sp³-hybridized carbons (Fsp3) is 0.533. The first kappa shape index (κ1) is 16.9. The highest BCUT2D eigenvalue weighted by molar-refractivity contribution is 7.89. The van der Waals surface area contributed by atoms with Crippen LogP contribution in [0.25, 0.3) is 0 Å². The van der Waals surface area contributed by atoms with Gasteiger partial charge in [-0.25, -0.2) is 8.42 Å². The number of carbonyl (C=O) groups excluding carboxylic acids is 1. The molecule has 0 radical (unpaired) electrons. The number of sulfonamides is 1. The molecule has 1 aromatic rings. The van der Waals surface area contributed by atoms with Crippen molar-refractivity contribution < 1.29 is 23.2 Å². The summed E-state index contributed by atoms with van der Waals surface area (Å²) < 4.78 is 26.7. The monoisotopic (exact) mass is 326 g/mol. The van der Waals surface area contributed by atoms with E-state index in [1.165, 1.54) is 9.21 Å². The fourth-order valence-electron chi connectivity index (χ4n) is 2.62. The Hall–Kier alpha value is -1.44. The summed E-state index contributed by atoms with van der Waals surface area (Å²) in [6.45, 7) is 5.86. The average molecular weight is 326 g/mol. The van der Waals surface area contributed by atoms with Crippen LogP contribution in [0.4, 0.5) is 0 Å². The van der Waals surface area contributed by atoms with E-state index < -0.39 is 16.0 Å². The maximum absolute atomic E-state index is 12.6. The van der Waals surface area contributed by atoms with Gasteiger partial charge in [-0.1, -0.05) is 12.1 Å². The van der Waals surface area contributed by atoms with Gasteiger partial charge in [0.1, 0.15) is 0 Å². The van der Waals surface area contributed by atoms with E-state index in [4.69, 9.17) is 0 Å². The van der Waals surface area contributed by atoms with Crippen LogP contribution in [0.15, 0.2) is 29.2 Å². The summed E-state index contributed by atoms with van der Waals surface area (Å²) in [5, 5.41) is 10.4. The van der Waals surface area contributed by atoms with Gasteiger partial charge in [0.25, 0.3) is 0 Å². The number of likely N-dealkylation sites (N-methyl/N-ethyl adjacent to an activating group) is 1. The standard InChI is InChI=1S/C15H22N2O4S/c1-2-16-9-11-17(12-10-16)22(20,21)14-6-3-13(4-7-14)5-8-15(18)19/h3-4,6-7H,2,5,8-12H2,1H3,(H,18,19). The Bertz CT molecular complexity index is 605. The third kappa shape index (κ3) is 4.06. The zero-order valence-electron chi connectivity index (χ0n) is 12.7. The molecule has 0 saturated carbocycles. The molecule has 1 heterocycles. The van der Waals surface area contributed by atoms with Crippen molar-refractivity contribution in [3.05, 3.63) is 29.8 Å². The summed E-state index contributed by atoms with van der Waals surface area (Å²) >= 11 is 0. The third-order valence-electron chi connectivity index (χ3n) is 4.11. The van der Waals surface area contributed by atoms with E-state index in [0.29, 0.717) is 19.5 Å². The second-order valence-corrected chi connectivity index (χ2v) is 7.46. The summed E-state index contributed by atoms with van der Waals surface area (Å²) in [7, 11) is -3.45. The van der Waals surface area contributed by atoms with Gasteiger partial charge in [0.15, 0.2) is 0 Å². The van der Waals surface area contributed by atoms with Crippen LogP contribution in [0.3, 0.4) is 0 Å². The summed E-state index contributed by atoms with van der Waals surface area (Å²) in [6.07, 6.45) is 0.287. The molecule has 122 valence electrons. The zero-order chi connectivity index (χ0) is 16.2. The van der Waals surface area contributed by atoms with Crippen LogP contribution >= 0.6 is 0 Å². The highest BCUT2D eigenvalue weighted by atomic mass is 32.2. The maximum Gasteiger partial charge on any atom is 0.243 e. The number of quaternary nitrogens is 1. The second-order valence-electron chi connectivity index (χ2n) is 5.52. The van der Waals surface area contributed by atoms with Gasteiger partial charge in [0.2, 0.25) is 10.0 Å². The van der Waals surface area contributed by atoms with Gasteiger partial charge in [-0.3, -0.25) is 0 Å². The number of carboxylic acid groups (broad SMARTS) is 1. The number of rotatable bonds is 6. The molecule has 1 N–H and O–H groups in total. The Balaban J connectivity index is 2.05. The molecule has 1 aromatic carbocycles. The predicted molar refractivity (Wildman–Crippen MR) is 79.8 cm³/mol. The SMILES string of the molecule is CC[NH+]1CCN(S(=O)(=O)c2ccc(CCC(=O)[O-])cc2)CC1. The molecule has 1 aliphatic heterocycles.